The molecule has 5 heteroatoms. The van der Waals surface area contributed by atoms with Gasteiger partial charge in [0, 0.05) is 44.8 Å². The Balaban J connectivity index is 2.20. The normalized spacial score (nSPS) is 20.2. The highest BCUT2D eigenvalue weighted by Gasteiger charge is 2.26. The van der Waals surface area contributed by atoms with Gasteiger partial charge in [-0.25, -0.2) is 0 Å². The lowest BCUT2D eigenvalue weighted by Crippen LogP contribution is -2.46. The lowest BCUT2D eigenvalue weighted by molar-refractivity contribution is 0.247. The minimum atomic E-state index is 0.489. The molecule has 0 radical (unpaired) electrons. The summed E-state index contributed by atoms with van der Waals surface area (Å²) in [5.74, 6) is 1.26. The number of likely N-dealkylation sites (N-methyl/N-ethyl adjacent to an activating group) is 2. The average molecular weight is 293 g/mol. The standard InChI is InChI=1S/C16H31N5/c1-12(2)17-10-15-13(3)18-21(6)16(15)20(5)14-8-7-9-19(4)11-14/h12,14,17H,7-11H2,1-6H3. The van der Waals surface area contributed by atoms with Gasteiger partial charge in [0.1, 0.15) is 5.82 Å². The van der Waals surface area contributed by atoms with Crippen LogP contribution in [0, 0.1) is 6.92 Å². The zero-order valence-electron chi connectivity index (χ0n) is 14.5. The van der Waals surface area contributed by atoms with Gasteiger partial charge in [-0.15, -0.1) is 0 Å². The fourth-order valence-electron chi connectivity index (χ4n) is 3.27. The van der Waals surface area contributed by atoms with Crippen molar-refractivity contribution in [1.29, 1.82) is 0 Å². The molecule has 2 heterocycles. The Morgan fingerprint density at radius 1 is 1.38 bits per heavy atom. The Hall–Kier alpha value is -1.07. The molecule has 1 aromatic rings. The summed E-state index contributed by atoms with van der Waals surface area (Å²) in [6, 6.07) is 1.07. The van der Waals surface area contributed by atoms with Gasteiger partial charge in [0.15, 0.2) is 0 Å². The molecule has 1 N–H and O–H groups in total. The number of anilines is 1. The van der Waals surface area contributed by atoms with Gasteiger partial charge < -0.3 is 15.1 Å². The van der Waals surface area contributed by atoms with Crippen molar-refractivity contribution in [1.82, 2.24) is 20.0 Å². The summed E-state index contributed by atoms with van der Waals surface area (Å²) in [4.78, 5) is 4.87. The highest BCUT2D eigenvalue weighted by Crippen LogP contribution is 2.26. The van der Waals surface area contributed by atoms with Gasteiger partial charge in [0.25, 0.3) is 0 Å². The maximum Gasteiger partial charge on any atom is 0.131 e. The molecule has 1 unspecified atom stereocenters. The van der Waals surface area contributed by atoms with Gasteiger partial charge in [0.2, 0.25) is 0 Å². The number of hydrogen-bond acceptors (Lipinski definition) is 4. The molecule has 0 amide bonds. The minimum Gasteiger partial charge on any atom is -0.355 e. The summed E-state index contributed by atoms with van der Waals surface area (Å²) >= 11 is 0. The molecule has 120 valence electrons. The summed E-state index contributed by atoms with van der Waals surface area (Å²) in [7, 11) is 6.50. The quantitative estimate of drug-likeness (QED) is 0.897. The highest BCUT2D eigenvalue weighted by molar-refractivity contribution is 5.50. The lowest BCUT2D eigenvalue weighted by atomic mass is 10.0. The van der Waals surface area contributed by atoms with Gasteiger partial charge in [-0.2, -0.15) is 5.10 Å². The second-order valence-electron chi connectivity index (χ2n) is 6.72. The monoisotopic (exact) mass is 293 g/mol. The summed E-state index contributed by atoms with van der Waals surface area (Å²) in [6.07, 6.45) is 2.55. The first-order valence-electron chi connectivity index (χ1n) is 8.07. The van der Waals surface area contributed by atoms with E-state index in [4.69, 9.17) is 0 Å². The molecule has 1 saturated heterocycles. The molecule has 0 aliphatic carbocycles. The molecular weight excluding hydrogens is 262 g/mol. The van der Waals surface area contributed by atoms with Crippen molar-refractivity contribution in [2.45, 2.75) is 52.2 Å². The van der Waals surface area contributed by atoms with E-state index in [1.807, 2.05) is 4.68 Å². The molecule has 1 aliphatic heterocycles. The van der Waals surface area contributed by atoms with E-state index in [0.717, 1.165) is 18.8 Å². The molecule has 5 nitrogen and oxygen atoms in total. The molecule has 1 aromatic heterocycles. The largest absolute Gasteiger partial charge is 0.355 e. The van der Waals surface area contributed by atoms with E-state index in [0.29, 0.717) is 12.1 Å². The first-order chi connectivity index (χ1) is 9.90. The molecule has 0 aromatic carbocycles. The van der Waals surface area contributed by atoms with Crippen LogP contribution >= 0.6 is 0 Å². The number of nitrogens with zero attached hydrogens (tertiary/aromatic N) is 4. The highest BCUT2D eigenvalue weighted by atomic mass is 15.4. The molecule has 1 fully saturated rings. The summed E-state index contributed by atoms with van der Waals surface area (Å²) in [6.45, 7) is 9.73. The predicted molar refractivity (Wildman–Crippen MR) is 88.8 cm³/mol. The number of rotatable bonds is 5. The van der Waals surface area contributed by atoms with Gasteiger partial charge in [-0.1, -0.05) is 13.8 Å². The van der Waals surface area contributed by atoms with Crippen LogP contribution in [0.1, 0.15) is 37.9 Å². The van der Waals surface area contributed by atoms with Crippen molar-refractivity contribution >= 4 is 5.82 Å². The van der Waals surface area contributed by atoms with Crippen molar-refractivity contribution < 1.29 is 0 Å². The fourth-order valence-corrected chi connectivity index (χ4v) is 3.27. The molecule has 0 spiro atoms. The van der Waals surface area contributed by atoms with Crippen LogP contribution < -0.4 is 10.2 Å². The first-order valence-corrected chi connectivity index (χ1v) is 8.07. The zero-order chi connectivity index (χ0) is 15.6. The van der Waals surface area contributed by atoms with E-state index in [1.54, 1.807) is 0 Å². The predicted octanol–water partition coefficient (Wildman–Crippen LogP) is 1.76. The second kappa shape index (κ2) is 6.79. The van der Waals surface area contributed by atoms with E-state index in [2.05, 4.69) is 62.1 Å². The van der Waals surface area contributed by atoms with E-state index in [1.165, 1.54) is 30.8 Å². The molecular formula is C16H31N5. The van der Waals surface area contributed by atoms with E-state index < -0.39 is 0 Å². The Kier molecular flexibility index (Phi) is 5.27. The minimum absolute atomic E-state index is 0.489. The summed E-state index contributed by atoms with van der Waals surface area (Å²) in [5, 5.41) is 8.18. The van der Waals surface area contributed by atoms with Crippen molar-refractivity contribution in [3.63, 3.8) is 0 Å². The van der Waals surface area contributed by atoms with Crippen LogP contribution in [-0.2, 0) is 13.6 Å². The SMILES string of the molecule is Cc1nn(C)c(N(C)C2CCCN(C)C2)c1CNC(C)C. The van der Waals surface area contributed by atoms with Gasteiger partial charge >= 0.3 is 0 Å². The van der Waals surface area contributed by atoms with Crippen molar-refractivity contribution in [2.75, 3.05) is 32.1 Å². The van der Waals surface area contributed by atoms with Crippen LogP contribution in [0.5, 0.6) is 0 Å². The van der Waals surface area contributed by atoms with Crippen molar-refractivity contribution in [3.8, 4) is 0 Å². The number of aryl methyl sites for hydroxylation is 2. The second-order valence-corrected chi connectivity index (χ2v) is 6.72. The van der Waals surface area contributed by atoms with Crippen LogP contribution in [0.25, 0.3) is 0 Å². The summed E-state index contributed by atoms with van der Waals surface area (Å²) in [5.41, 5.74) is 2.47. The molecule has 21 heavy (non-hydrogen) atoms. The average Bonchev–Trinajstić information content (AvgIpc) is 2.69. The molecule has 0 saturated carbocycles. The van der Waals surface area contributed by atoms with Gasteiger partial charge in [-0.05, 0) is 33.4 Å². The molecule has 2 rings (SSSR count). The first kappa shape index (κ1) is 16.3. The van der Waals surface area contributed by atoms with E-state index in [-0.39, 0.29) is 0 Å². The van der Waals surface area contributed by atoms with Crippen molar-refractivity contribution in [2.24, 2.45) is 7.05 Å². The molecule has 1 atom stereocenters. The Bertz CT molecular complexity index is 465. The summed E-state index contributed by atoms with van der Waals surface area (Å²) < 4.78 is 2.04. The number of aromatic nitrogens is 2. The molecule has 1 aliphatic rings. The van der Waals surface area contributed by atoms with Crippen molar-refractivity contribution in [3.05, 3.63) is 11.3 Å². The fraction of sp³-hybridized carbons (Fsp3) is 0.812. The Labute approximate surface area is 129 Å². The third-order valence-electron chi connectivity index (χ3n) is 4.48. The van der Waals surface area contributed by atoms with Crippen LogP contribution in [0.15, 0.2) is 0 Å². The third-order valence-corrected chi connectivity index (χ3v) is 4.48. The van der Waals surface area contributed by atoms with Crippen LogP contribution in [0.2, 0.25) is 0 Å². The Morgan fingerprint density at radius 2 is 2.10 bits per heavy atom. The Morgan fingerprint density at radius 3 is 2.71 bits per heavy atom. The maximum absolute atomic E-state index is 4.65. The maximum atomic E-state index is 4.65. The molecule has 0 bridgehead atoms. The smallest absolute Gasteiger partial charge is 0.131 e. The number of hydrogen-bond donors (Lipinski definition) is 1. The number of piperidine rings is 1. The van der Waals surface area contributed by atoms with Crippen LogP contribution in [0.4, 0.5) is 5.82 Å². The number of likely N-dealkylation sites (tertiary alicyclic amines) is 1. The van der Waals surface area contributed by atoms with Crippen LogP contribution in [0.3, 0.4) is 0 Å². The topological polar surface area (TPSA) is 36.3 Å². The number of nitrogens with one attached hydrogen (secondary N) is 1. The zero-order valence-corrected chi connectivity index (χ0v) is 14.5. The van der Waals surface area contributed by atoms with E-state index >= 15 is 0 Å². The third kappa shape index (κ3) is 3.77. The van der Waals surface area contributed by atoms with E-state index in [9.17, 15) is 0 Å². The van der Waals surface area contributed by atoms with Gasteiger partial charge in [-0.3, -0.25) is 4.68 Å². The lowest BCUT2D eigenvalue weighted by Gasteiger charge is -2.37. The van der Waals surface area contributed by atoms with Crippen LogP contribution in [-0.4, -0.2) is 53.9 Å². The van der Waals surface area contributed by atoms with Gasteiger partial charge in [0.05, 0.1) is 5.69 Å².